The second kappa shape index (κ2) is 10.1. The van der Waals surface area contributed by atoms with Crippen LogP contribution in [0.5, 0.6) is 0 Å². The minimum atomic E-state index is -4.05. The number of sulfonamides is 1. The molecule has 0 saturated carbocycles. The molecule has 1 amide bonds. The molecule has 38 heavy (non-hydrogen) atoms. The summed E-state index contributed by atoms with van der Waals surface area (Å²) in [5, 5.41) is 0.487. The Kier molecular flexibility index (Phi) is 7.18. The van der Waals surface area contributed by atoms with Crippen LogP contribution in [-0.2, 0) is 24.7 Å². The maximum absolute atomic E-state index is 15.2. The van der Waals surface area contributed by atoms with Gasteiger partial charge >= 0.3 is 0 Å². The van der Waals surface area contributed by atoms with Crippen molar-refractivity contribution in [2.45, 2.75) is 21.6 Å². The molecule has 198 valence electrons. The highest BCUT2D eigenvalue weighted by atomic mass is 35.5. The number of amides is 1. The summed E-state index contributed by atoms with van der Waals surface area (Å²) in [6, 6.07) is 12.7. The summed E-state index contributed by atoms with van der Waals surface area (Å²) in [6.07, 6.45) is 2.44. The normalized spacial score (nSPS) is 16.3. The average molecular weight is 612 g/mol. The van der Waals surface area contributed by atoms with Crippen LogP contribution in [0, 0.1) is 5.82 Å². The Bertz CT molecular complexity index is 1770. The standard InChI is InChI=1S/C24H19ClFN3O5S4/c1-37(31,32)20-5-3-2-4-15(20)14-6-7-18(16(26)12-14)29-11-10-17(24(29)30)28-38(33,34)22-13-27-23(36-22)19-8-9-21(25)35-19/h2-9,12-13,17,28H,10-11H2,1H3. The number of carbonyl (C=O) groups excluding carboxylic acids is 1. The van der Waals surface area contributed by atoms with E-state index in [0.29, 0.717) is 20.5 Å². The van der Waals surface area contributed by atoms with E-state index < -0.39 is 37.6 Å². The Labute approximate surface area is 231 Å². The monoisotopic (exact) mass is 611 g/mol. The topological polar surface area (TPSA) is 114 Å². The number of rotatable bonds is 7. The molecule has 2 aromatic carbocycles. The summed E-state index contributed by atoms with van der Waals surface area (Å²) in [4.78, 5) is 19.2. The maximum atomic E-state index is 15.2. The van der Waals surface area contributed by atoms with Crippen molar-refractivity contribution in [1.29, 1.82) is 0 Å². The molecule has 4 aromatic rings. The van der Waals surface area contributed by atoms with Crippen LogP contribution >= 0.6 is 34.3 Å². The smallest absolute Gasteiger partial charge is 0.252 e. The molecule has 0 bridgehead atoms. The Morgan fingerprint density at radius 2 is 1.84 bits per heavy atom. The Morgan fingerprint density at radius 3 is 2.53 bits per heavy atom. The number of thiazole rings is 1. The largest absolute Gasteiger partial charge is 0.308 e. The molecule has 1 atom stereocenters. The zero-order valence-electron chi connectivity index (χ0n) is 19.6. The molecule has 0 spiro atoms. The first-order chi connectivity index (χ1) is 17.9. The fraction of sp³-hybridized carbons (Fsp3) is 0.167. The minimum Gasteiger partial charge on any atom is -0.308 e. The zero-order chi connectivity index (χ0) is 27.2. The predicted molar refractivity (Wildman–Crippen MR) is 146 cm³/mol. The summed E-state index contributed by atoms with van der Waals surface area (Å²) in [5.41, 5.74) is 0.656. The number of hydrogen-bond acceptors (Lipinski definition) is 8. The van der Waals surface area contributed by atoms with Crippen molar-refractivity contribution in [1.82, 2.24) is 9.71 Å². The van der Waals surface area contributed by atoms with Crippen molar-refractivity contribution in [3.63, 3.8) is 0 Å². The van der Waals surface area contributed by atoms with Gasteiger partial charge in [-0.3, -0.25) is 4.79 Å². The zero-order valence-corrected chi connectivity index (χ0v) is 23.6. The molecular formula is C24H19ClFN3O5S4. The van der Waals surface area contributed by atoms with Gasteiger partial charge in [0.05, 0.1) is 26.0 Å². The van der Waals surface area contributed by atoms with Crippen LogP contribution in [0.1, 0.15) is 6.42 Å². The summed E-state index contributed by atoms with van der Waals surface area (Å²) >= 11 is 8.17. The van der Waals surface area contributed by atoms with E-state index in [0.717, 1.165) is 22.5 Å². The molecule has 1 unspecified atom stereocenters. The van der Waals surface area contributed by atoms with E-state index in [1.165, 1.54) is 46.7 Å². The van der Waals surface area contributed by atoms with Crippen LogP contribution < -0.4 is 9.62 Å². The molecular weight excluding hydrogens is 593 g/mol. The molecule has 1 fully saturated rings. The van der Waals surface area contributed by atoms with Crippen LogP contribution in [0.2, 0.25) is 4.34 Å². The van der Waals surface area contributed by atoms with Gasteiger partial charge in [-0.25, -0.2) is 26.2 Å². The van der Waals surface area contributed by atoms with Crippen LogP contribution in [0.15, 0.2) is 69.9 Å². The molecule has 14 heteroatoms. The van der Waals surface area contributed by atoms with Crippen molar-refractivity contribution >= 4 is 65.7 Å². The number of sulfone groups is 1. The van der Waals surface area contributed by atoms with E-state index in [1.807, 2.05) is 0 Å². The van der Waals surface area contributed by atoms with Crippen LogP contribution in [0.25, 0.3) is 21.0 Å². The fourth-order valence-electron chi connectivity index (χ4n) is 4.12. The predicted octanol–water partition coefficient (Wildman–Crippen LogP) is 4.82. The van der Waals surface area contributed by atoms with Crippen molar-refractivity contribution in [3.05, 3.63) is 70.9 Å². The second-order valence-electron chi connectivity index (χ2n) is 8.48. The number of hydrogen-bond donors (Lipinski definition) is 1. The highest BCUT2D eigenvalue weighted by molar-refractivity contribution is 7.91. The van der Waals surface area contributed by atoms with Crippen molar-refractivity contribution < 1.29 is 26.0 Å². The molecule has 8 nitrogen and oxygen atoms in total. The number of nitrogens with zero attached hydrogens (tertiary/aromatic N) is 2. The second-order valence-corrected chi connectivity index (χ2v) is 15.1. The number of halogens is 2. The summed E-state index contributed by atoms with van der Waals surface area (Å²) < 4.78 is 68.3. The van der Waals surface area contributed by atoms with Gasteiger partial charge in [-0.05, 0) is 42.3 Å². The summed E-state index contributed by atoms with van der Waals surface area (Å²) in [5.74, 6) is -1.32. The van der Waals surface area contributed by atoms with Crippen LogP contribution in [0.3, 0.4) is 0 Å². The summed E-state index contributed by atoms with van der Waals surface area (Å²) in [6.45, 7) is 0.101. The molecule has 1 saturated heterocycles. The van der Waals surface area contributed by atoms with Gasteiger partial charge in [-0.15, -0.1) is 11.3 Å². The third kappa shape index (κ3) is 5.26. The first-order valence-electron chi connectivity index (χ1n) is 11.1. The van der Waals surface area contributed by atoms with Gasteiger partial charge in [0.25, 0.3) is 10.0 Å². The van der Waals surface area contributed by atoms with E-state index in [-0.39, 0.29) is 27.8 Å². The number of benzene rings is 2. The molecule has 0 radical (unpaired) electrons. The lowest BCUT2D eigenvalue weighted by Gasteiger charge is -2.19. The van der Waals surface area contributed by atoms with Gasteiger partial charge in [0.2, 0.25) is 5.91 Å². The first-order valence-corrected chi connectivity index (χ1v) is 16.5. The van der Waals surface area contributed by atoms with E-state index in [1.54, 1.807) is 30.3 Å². The third-order valence-electron chi connectivity index (χ3n) is 5.87. The number of anilines is 1. The molecule has 3 heterocycles. The lowest BCUT2D eigenvalue weighted by atomic mass is 10.0. The molecule has 5 rings (SSSR count). The SMILES string of the molecule is CS(=O)(=O)c1ccccc1-c1ccc(N2CCC(NS(=O)(=O)c3cnc(-c4ccc(Cl)s4)s3)C2=O)c(F)c1. The van der Waals surface area contributed by atoms with Crippen molar-refractivity contribution in [3.8, 4) is 21.0 Å². The van der Waals surface area contributed by atoms with Gasteiger partial charge in [-0.1, -0.05) is 47.2 Å². The van der Waals surface area contributed by atoms with Crippen molar-refractivity contribution in [2.24, 2.45) is 0 Å². The van der Waals surface area contributed by atoms with Gasteiger partial charge in [-0.2, -0.15) is 4.72 Å². The Balaban J connectivity index is 1.35. The van der Waals surface area contributed by atoms with Gasteiger partial charge in [0, 0.05) is 18.4 Å². The first kappa shape index (κ1) is 26.9. The average Bonchev–Trinajstić information content (AvgIpc) is 3.60. The number of nitrogens with one attached hydrogen (secondary N) is 1. The lowest BCUT2D eigenvalue weighted by Crippen LogP contribution is -2.41. The third-order valence-corrected chi connectivity index (χ3v) is 11.4. The quantitative estimate of drug-likeness (QED) is 0.321. The number of carbonyl (C=O) groups is 1. The molecule has 0 aliphatic carbocycles. The lowest BCUT2D eigenvalue weighted by molar-refractivity contribution is -0.118. The highest BCUT2D eigenvalue weighted by Gasteiger charge is 2.37. The van der Waals surface area contributed by atoms with Gasteiger partial charge in [0.1, 0.15) is 16.9 Å². The van der Waals surface area contributed by atoms with Gasteiger partial charge < -0.3 is 4.90 Å². The Morgan fingerprint density at radius 1 is 1.08 bits per heavy atom. The van der Waals surface area contributed by atoms with Crippen LogP contribution in [-0.4, -0.2) is 46.6 Å². The molecule has 1 N–H and O–H groups in total. The van der Waals surface area contributed by atoms with Crippen LogP contribution in [0.4, 0.5) is 10.1 Å². The van der Waals surface area contributed by atoms with Gasteiger partial charge in [0.15, 0.2) is 14.0 Å². The van der Waals surface area contributed by atoms with E-state index >= 15 is 4.39 Å². The maximum Gasteiger partial charge on any atom is 0.252 e. The molecule has 1 aliphatic rings. The van der Waals surface area contributed by atoms with Crippen molar-refractivity contribution in [2.75, 3.05) is 17.7 Å². The Hall–Kier alpha value is -2.68. The van der Waals surface area contributed by atoms with E-state index in [9.17, 15) is 21.6 Å². The van der Waals surface area contributed by atoms with E-state index in [2.05, 4.69) is 9.71 Å². The minimum absolute atomic E-state index is 0.0214. The highest BCUT2D eigenvalue weighted by Crippen LogP contribution is 2.36. The summed E-state index contributed by atoms with van der Waals surface area (Å²) in [7, 11) is -7.61. The number of thiophene rings is 1. The number of aromatic nitrogens is 1. The van der Waals surface area contributed by atoms with E-state index in [4.69, 9.17) is 11.6 Å². The fourth-order valence-corrected chi connectivity index (χ4v) is 8.51. The molecule has 2 aromatic heterocycles. The molecule has 1 aliphatic heterocycles.